The van der Waals surface area contributed by atoms with Crippen LogP contribution in [0.3, 0.4) is 0 Å². The third kappa shape index (κ3) is 3.19. The summed E-state index contributed by atoms with van der Waals surface area (Å²) in [5.41, 5.74) is 0. The van der Waals surface area contributed by atoms with E-state index in [9.17, 15) is 9.18 Å². The van der Waals surface area contributed by atoms with Gasteiger partial charge in [-0.15, -0.1) is 0 Å². The van der Waals surface area contributed by atoms with Crippen LogP contribution >= 0.6 is 15.9 Å². The van der Waals surface area contributed by atoms with Crippen molar-refractivity contribution in [1.29, 1.82) is 0 Å². The molecule has 1 fully saturated rings. The summed E-state index contributed by atoms with van der Waals surface area (Å²) in [6, 6.07) is 4.21. The van der Waals surface area contributed by atoms with E-state index in [2.05, 4.69) is 20.7 Å². The Morgan fingerprint density at radius 2 is 2.18 bits per heavy atom. The van der Waals surface area contributed by atoms with Gasteiger partial charge in [0.05, 0.1) is 7.11 Å². The minimum atomic E-state index is -0.631. The molecule has 0 radical (unpaired) electrons. The van der Waals surface area contributed by atoms with Gasteiger partial charge in [0.25, 0.3) is 0 Å². The smallest absolute Gasteiger partial charge is 0.347 e. The highest BCUT2D eigenvalue weighted by molar-refractivity contribution is 9.10. The van der Waals surface area contributed by atoms with Crippen molar-refractivity contribution in [3.8, 4) is 5.75 Å². The molecule has 0 spiro atoms. The first-order valence-corrected chi connectivity index (χ1v) is 6.10. The maximum absolute atomic E-state index is 13.2. The molecule has 0 amide bonds. The van der Waals surface area contributed by atoms with Crippen LogP contribution in [0, 0.1) is 11.7 Å². The summed E-state index contributed by atoms with van der Waals surface area (Å²) in [7, 11) is 1.32. The minimum Gasteiger partial charge on any atom is -0.478 e. The quantitative estimate of drug-likeness (QED) is 0.802. The highest BCUT2D eigenvalue weighted by Crippen LogP contribution is 2.36. The van der Waals surface area contributed by atoms with Crippen LogP contribution in [-0.4, -0.2) is 19.2 Å². The first-order valence-electron chi connectivity index (χ1n) is 5.30. The maximum Gasteiger partial charge on any atom is 0.347 e. The molecule has 3 nitrogen and oxygen atoms in total. The molecule has 5 heteroatoms. The molecule has 17 heavy (non-hydrogen) atoms. The molecule has 1 aliphatic rings. The summed E-state index contributed by atoms with van der Waals surface area (Å²) in [5.74, 6) is -0.301. The van der Waals surface area contributed by atoms with E-state index in [4.69, 9.17) is 4.74 Å². The van der Waals surface area contributed by atoms with Crippen LogP contribution in [0.2, 0.25) is 0 Å². The van der Waals surface area contributed by atoms with E-state index < -0.39 is 17.9 Å². The van der Waals surface area contributed by atoms with Crippen molar-refractivity contribution < 1.29 is 18.7 Å². The fourth-order valence-corrected chi connectivity index (χ4v) is 2.04. The molecule has 0 saturated heterocycles. The van der Waals surface area contributed by atoms with Crippen LogP contribution in [0.1, 0.15) is 12.8 Å². The van der Waals surface area contributed by atoms with Gasteiger partial charge in [0.15, 0.2) is 6.10 Å². The van der Waals surface area contributed by atoms with E-state index in [0.717, 1.165) is 12.8 Å². The second-order valence-electron chi connectivity index (χ2n) is 4.00. The molecule has 0 aliphatic heterocycles. The average Bonchev–Trinajstić information content (AvgIpc) is 3.07. The molecule has 0 heterocycles. The number of benzene rings is 1. The first kappa shape index (κ1) is 12.4. The first-order chi connectivity index (χ1) is 8.10. The van der Waals surface area contributed by atoms with E-state index in [-0.39, 0.29) is 5.92 Å². The molecule has 1 unspecified atom stereocenters. The Hall–Kier alpha value is -1.10. The van der Waals surface area contributed by atoms with Gasteiger partial charge in [0, 0.05) is 16.5 Å². The average molecular weight is 303 g/mol. The number of hydrogen-bond donors (Lipinski definition) is 0. The Bertz CT molecular complexity index is 412. The number of hydrogen-bond acceptors (Lipinski definition) is 3. The van der Waals surface area contributed by atoms with Gasteiger partial charge >= 0.3 is 5.97 Å². The molecule has 1 aromatic rings. The standard InChI is InChI=1S/C12H12BrFO3/c1-16-12(15)11(7-2-3-7)17-10-5-8(13)4-9(14)6-10/h4-7,11H,2-3H2,1H3. The highest BCUT2D eigenvalue weighted by atomic mass is 79.9. The van der Waals surface area contributed by atoms with Crippen molar-refractivity contribution in [3.63, 3.8) is 0 Å². The summed E-state index contributed by atoms with van der Waals surface area (Å²) in [5, 5.41) is 0. The minimum absolute atomic E-state index is 0.185. The van der Waals surface area contributed by atoms with Crippen LogP contribution in [0.5, 0.6) is 5.75 Å². The second kappa shape index (κ2) is 5.04. The summed E-state index contributed by atoms with van der Waals surface area (Å²) in [4.78, 5) is 11.5. The number of rotatable bonds is 4. The van der Waals surface area contributed by atoms with E-state index in [1.54, 1.807) is 6.07 Å². The van der Waals surface area contributed by atoms with Gasteiger partial charge in [-0.05, 0) is 25.0 Å². The zero-order valence-corrected chi connectivity index (χ0v) is 10.9. The molecule has 1 atom stereocenters. The Morgan fingerprint density at radius 3 is 2.71 bits per heavy atom. The van der Waals surface area contributed by atoms with E-state index in [1.807, 2.05) is 0 Å². The predicted octanol–water partition coefficient (Wildman–Crippen LogP) is 2.92. The molecule has 92 valence electrons. The Morgan fingerprint density at radius 1 is 1.47 bits per heavy atom. The van der Waals surface area contributed by atoms with Crippen molar-refractivity contribution in [2.45, 2.75) is 18.9 Å². The topological polar surface area (TPSA) is 35.5 Å². The maximum atomic E-state index is 13.2. The summed E-state index contributed by atoms with van der Waals surface area (Å²) < 4.78 is 23.9. The third-order valence-electron chi connectivity index (χ3n) is 2.58. The van der Waals surface area contributed by atoms with Crippen LogP contribution in [0.15, 0.2) is 22.7 Å². The SMILES string of the molecule is COC(=O)C(Oc1cc(F)cc(Br)c1)C1CC1. The van der Waals surface area contributed by atoms with Gasteiger partial charge in [-0.3, -0.25) is 0 Å². The fraction of sp³-hybridized carbons (Fsp3) is 0.417. The summed E-state index contributed by atoms with van der Waals surface area (Å²) in [6.07, 6.45) is 1.25. The number of carbonyl (C=O) groups is 1. The zero-order chi connectivity index (χ0) is 12.4. The van der Waals surface area contributed by atoms with Gasteiger partial charge in [0.1, 0.15) is 11.6 Å². The lowest BCUT2D eigenvalue weighted by Gasteiger charge is -2.16. The molecule has 0 N–H and O–H groups in total. The fourth-order valence-electron chi connectivity index (χ4n) is 1.60. The zero-order valence-electron chi connectivity index (χ0n) is 9.28. The predicted molar refractivity (Wildman–Crippen MR) is 63.3 cm³/mol. The van der Waals surface area contributed by atoms with E-state index >= 15 is 0 Å². The van der Waals surface area contributed by atoms with Crippen LogP contribution in [0.4, 0.5) is 4.39 Å². The van der Waals surface area contributed by atoms with Gasteiger partial charge in [0.2, 0.25) is 0 Å². The molecular formula is C12H12BrFO3. The van der Waals surface area contributed by atoms with Crippen molar-refractivity contribution in [2.75, 3.05) is 7.11 Å². The third-order valence-corrected chi connectivity index (χ3v) is 3.04. The van der Waals surface area contributed by atoms with Gasteiger partial charge in [-0.25, -0.2) is 9.18 Å². The molecule has 1 aliphatic carbocycles. The molecule has 0 aromatic heterocycles. The highest BCUT2D eigenvalue weighted by Gasteiger charge is 2.39. The van der Waals surface area contributed by atoms with Crippen molar-refractivity contribution in [2.24, 2.45) is 5.92 Å². The molecule has 1 aromatic carbocycles. The van der Waals surface area contributed by atoms with Crippen LogP contribution in [0.25, 0.3) is 0 Å². The van der Waals surface area contributed by atoms with E-state index in [0.29, 0.717) is 10.2 Å². The van der Waals surface area contributed by atoms with Crippen LogP contribution in [-0.2, 0) is 9.53 Å². The summed E-state index contributed by atoms with van der Waals surface area (Å²) in [6.45, 7) is 0. The second-order valence-corrected chi connectivity index (χ2v) is 4.92. The Balaban J connectivity index is 2.14. The number of carbonyl (C=O) groups excluding carboxylic acids is 1. The Kier molecular flexibility index (Phi) is 3.66. The number of ether oxygens (including phenoxy) is 2. The largest absolute Gasteiger partial charge is 0.478 e. The van der Waals surface area contributed by atoms with Crippen molar-refractivity contribution in [1.82, 2.24) is 0 Å². The lowest BCUT2D eigenvalue weighted by atomic mass is 10.2. The lowest BCUT2D eigenvalue weighted by molar-refractivity contribution is -0.149. The van der Waals surface area contributed by atoms with Gasteiger partial charge < -0.3 is 9.47 Å². The molecule has 2 rings (SSSR count). The molecule has 0 bridgehead atoms. The van der Waals surface area contributed by atoms with Gasteiger partial charge in [-0.2, -0.15) is 0 Å². The number of esters is 1. The van der Waals surface area contributed by atoms with Crippen LogP contribution < -0.4 is 4.74 Å². The molecule has 1 saturated carbocycles. The van der Waals surface area contributed by atoms with Crippen molar-refractivity contribution >= 4 is 21.9 Å². The Labute approximate surface area is 107 Å². The summed E-state index contributed by atoms with van der Waals surface area (Å²) >= 11 is 3.17. The van der Waals surface area contributed by atoms with Gasteiger partial charge in [-0.1, -0.05) is 15.9 Å². The monoisotopic (exact) mass is 302 g/mol. The number of halogens is 2. The van der Waals surface area contributed by atoms with Crippen molar-refractivity contribution in [3.05, 3.63) is 28.5 Å². The lowest BCUT2D eigenvalue weighted by Crippen LogP contribution is -2.30. The normalized spacial score (nSPS) is 16.4. The number of methoxy groups -OCH3 is 1. The van der Waals surface area contributed by atoms with E-state index in [1.165, 1.54) is 19.2 Å². The molecular weight excluding hydrogens is 291 g/mol.